The van der Waals surface area contributed by atoms with E-state index in [1.807, 2.05) is 23.6 Å². The molecule has 0 atom stereocenters. The molecule has 0 saturated carbocycles. The van der Waals surface area contributed by atoms with Crippen LogP contribution in [0.1, 0.15) is 48.5 Å². The van der Waals surface area contributed by atoms with Gasteiger partial charge in [-0.2, -0.15) is 0 Å². The van der Waals surface area contributed by atoms with Crippen LogP contribution in [0.3, 0.4) is 0 Å². The lowest BCUT2D eigenvalue weighted by atomic mass is 10.1. The fourth-order valence-corrected chi connectivity index (χ4v) is 4.18. The minimum Gasteiger partial charge on any atom is -0.508 e. The molecule has 9 heteroatoms. The maximum atomic E-state index is 13.0. The molecule has 36 heavy (non-hydrogen) atoms. The molecule has 3 aromatic rings. The summed E-state index contributed by atoms with van der Waals surface area (Å²) in [7, 11) is 0. The van der Waals surface area contributed by atoms with E-state index in [-0.39, 0.29) is 29.4 Å². The van der Waals surface area contributed by atoms with Gasteiger partial charge in [-0.25, -0.2) is 0 Å². The SMILES string of the molecule is CCn1cc(C(=O)NCCCCCC(=O)NCCc2ccc(O)cc2)c(=O)c2cc3c(cc21)OCO3. The minimum atomic E-state index is -0.409. The highest BCUT2D eigenvalue weighted by atomic mass is 16.7. The van der Waals surface area contributed by atoms with Gasteiger partial charge in [-0.1, -0.05) is 18.6 Å². The maximum absolute atomic E-state index is 13.0. The number of nitrogens with one attached hydrogen (secondary N) is 2. The predicted octanol–water partition coefficient (Wildman–Crippen LogP) is 3.10. The number of amides is 2. The van der Waals surface area contributed by atoms with Crippen molar-refractivity contribution >= 4 is 22.7 Å². The van der Waals surface area contributed by atoms with Crippen molar-refractivity contribution < 1.29 is 24.2 Å². The Labute approximate surface area is 209 Å². The lowest BCUT2D eigenvalue weighted by Crippen LogP contribution is -2.30. The summed E-state index contributed by atoms with van der Waals surface area (Å²) >= 11 is 0. The zero-order chi connectivity index (χ0) is 25.5. The molecule has 3 N–H and O–H groups in total. The van der Waals surface area contributed by atoms with Crippen molar-refractivity contribution in [2.75, 3.05) is 19.9 Å². The summed E-state index contributed by atoms with van der Waals surface area (Å²) in [5.74, 6) is 0.906. The van der Waals surface area contributed by atoms with Crippen LogP contribution in [0, 0.1) is 0 Å². The monoisotopic (exact) mass is 493 g/mol. The number of hydrogen-bond acceptors (Lipinski definition) is 6. The first-order valence-electron chi connectivity index (χ1n) is 12.3. The number of aromatic nitrogens is 1. The molecule has 0 unspecified atom stereocenters. The van der Waals surface area contributed by atoms with E-state index in [2.05, 4.69) is 10.6 Å². The number of fused-ring (bicyclic) bond motifs is 2. The van der Waals surface area contributed by atoms with Crippen LogP contribution >= 0.6 is 0 Å². The van der Waals surface area contributed by atoms with Gasteiger partial charge in [0, 0.05) is 38.3 Å². The third-order valence-electron chi connectivity index (χ3n) is 6.20. The molecule has 0 saturated heterocycles. The standard InChI is InChI=1S/C27H31N3O6/c1-2-30-16-21(26(33)20-14-23-24(15-22(20)30)36-17-35-23)27(34)29-12-5-3-4-6-25(32)28-13-11-18-7-9-19(31)10-8-18/h7-10,14-16,31H,2-6,11-13,17H2,1H3,(H,28,32)(H,29,34). The first kappa shape index (κ1) is 25.1. The second kappa shape index (κ2) is 11.6. The molecule has 1 aliphatic heterocycles. The molecule has 190 valence electrons. The average Bonchev–Trinajstić information content (AvgIpc) is 3.34. The van der Waals surface area contributed by atoms with Crippen molar-refractivity contribution in [2.45, 2.75) is 45.6 Å². The quantitative estimate of drug-likeness (QED) is 0.353. The van der Waals surface area contributed by atoms with Crippen LogP contribution in [0.25, 0.3) is 10.9 Å². The van der Waals surface area contributed by atoms with Gasteiger partial charge in [0.05, 0.1) is 10.9 Å². The van der Waals surface area contributed by atoms with E-state index in [9.17, 15) is 19.5 Å². The third-order valence-corrected chi connectivity index (χ3v) is 6.20. The number of carbonyl (C=O) groups is 2. The summed E-state index contributed by atoms with van der Waals surface area (Å²) in [5.41, 5.74) is 1.50. The van der Waals surface area contributed by atoms with Crippen LogP contribution < -0.4 is 25.5 Å². The smallest absolute Gasteiger partial charge is 0.256 e. The van der Waals surface area contributed by atoms with Crippen molar-refractivity contribution in [1.82, 2.24) is 15.2 Å². The zero-order valence-corrected chi connectivity index (χ0v) is 20.3. The van der Waals surface area contributed by atoms with Gasteiger partial charge in [0.1, 0.15) is 11.3 Å². The first-order valence-corrected chi connectivity index (χ1v) is 12.3. The van der Waals surface area contributed by atoms with Gasteiger partial charge >= 0.3 is 0 Å². The van der Waals surface area contributed by atoms with Crippen LogP contribution in [0.4, 0.5) is 0 Å². The molecular weight excluding hydrogens is 462 g/mol. The Kier molecular flexibility index (Phi) is 8.10. The molecule has 2 amide bonds. The van der Waals surface area contributed by atoms with Crippen molar-refractivity contribution in [1.29, 1.82) is 0 Å². The van der Waals surface area contributed by atoms with Gasteiger partial charge in [-0.3, -0.25) is 14.4 Å². The Bertz CT molecular complexity index is 1300. The molecule has 0 bridgehead atoms. The van der Waals surface area contributed by atoms with E-state index in [0.29, 0.717) is 67.7 Å². The predicted molar refractivity (Wildman–Crippen MR) is 136 cm³/mol. The van der Waals surface area contributed by atoms with E-state index in [0.717, 1.165) is 12.0 Å². The number of aromatic hydroxyl groups is 1. The van der Waals surface area contributed by atoms with Gasteiger partial charge in [-0.05, 0) is 49.9 Å². The molecule has 2 aromatic carbocycles. The number of phenolic OH excluding ortho intramolecular Hbond substituents is 1. The number of hydrogen-bond donors (Lipinski definition) is 3. The molecule has 1 aromatic heterocycles. The van der Waals surface area contributed by atoms with E-state index >= 15 is 0 Å². The Morgan fingerprint density at radius 2 is 1.75 bits per heavy atom. The Hall–Kier alpha value is -4.01. The molecule has 0 spiro atoms. The minimum absolute atomic E-state index is 0.00467. The van der Waals surface area contributed by atoms with E-state index in [4.69, 9.17) is 9.47 Å². The number of pyridine rings is 1. The summed E-state index contributed by atoms with van der Waals surface area (Å²) in [4.78, 5) is 37.8. The van der Waals surface area contributed by atoms with Crippen LogP contribution in [0.2, 0.25) is 0 Å². The summed E-state index contributed by atoms with van der Waals surface area (Å²) in [5, 5.41) is 15.4. The Balaban J connectivity index is 1.20. The molecule has 1 aliphatic rings. The molecule has 0 fully saturated rings. The van der Waals surface area contributed by atoms with E-state index in [1.54, 1.807) is 30.5 Å². The highest BCUT2D eigenvalue weighted by molar-refractivity contribution is 5.97. The summed E-state index contributed by atoms with van der Waals surface area (Å²) in [6, 6.07) is 10.3. The van der Waals surface area contributed by atoms with Crippen molar-refractivity contribution in [3.63, 3.8) is 0 Å². The van der Waals surface area contributed by atoms with Crippen molar-refractivity contribution in [3.8, 4) is 17.2 Å². The summed E-state index contributed by atoms with van der Waals surface area (Å²) < 4.78 is 12.7. The zero-order valence-electron chi connectivity index (χ0n) is 20.3. The van der Waals surface area contributed by atoms with E-state index < -0.39 is 5.91 Å². The van der Waals surface area contributed by atoms with Crippen molar-refractivity contribution in [3.05, 3.63) is 63.9 Å². The fourth-order valence-electron chi connectivity index (χ4n) is 4.18. The normalized spacial score (nSPS) is 12.0. The molecule has 0 radical (unpaired) electrons. The number of rotatable bonds is 11. The fraction of sp³-hybridized carbons (Fsp3) is 0.370. The summed E-state index contributed by atoms with van der Waals surface area (Å²) in [6.07, 6.45) is 4.92. The number of phenols is 1. The summed E-state index contributed by atoms with van der Waals surface area (Å²) in [6.45, 7) is 3.61. The Morgan fingerprint density at radius 1 is 1.00 bits per heavy atom. The highest BCUT2D eigenvalue weighted by Crippen LogP contribution is 2.35. The van der Waals surface area contributed by atoms with E-state index in [1.165, 1.54) is 0 Å². The van der Waals surface area contributed by atoms with Crippen LogP contribution in [0.5, 0.6) is 17.2 Å². The molecule has 9 nitrogen and oxygen atoms in total. The topological polar surface area (TPSA) is 119 Å². The number of nitrogens with zero attached hydrogens (tertiary/aromatic N) is 1. The third kappa shape index (κ3) is 5.97. The maximum Gasteiger partial charge on any atom is 0.256 e. The van der Waals surface area contributed by atoms with Crippen LogP contribution in [0.15, 0.2) is 47.4 Å². The second-order valence-electron chi connectivity index (χ2n) is 8.71. The highest BCUT2D eigenvalue weighted by Gasteiger charge is 2.20. The van der Waals surface area contributed by atoms with Gasteiger partial charge in [-0.15, -0.1) is 0 Å². The lowest BCUT2D eigenvalue weighted by molar-refractivity contribution is -0.121. The van der Waals surface area contributed by atoms with Gasteiger partial charge in [0.25, 0.3) is 5.91 Å². The number of aryl methyl sites for hydroxylation is 1. The molecule has 0 aliphatic carbocycles. The van der Waals surface area contributed by atoms with Crippen molar-refractivity contribution in [2.24, 2.45) is 0 Å². The molecule has 4 rings (SSSR count). The number of benzene rings is 2. The second-order valence-corrected chi connectivity index (χ2v) is 8.71. The van der Waals surface area contributed by atoms with Gasteiger partial charge in [0.2, 0.25) is 18.1 Å². The van der Waals surface area contributed by atoms with Crippen LogP contribution in [-0.2, 0) is 17.8 Å². The largest absolute Gasteiger partial charge is 0.508 e. The van der Waals surface area contributed by atoms with Gasteiger partial charge in [0.15, 0.2) is 11.5 Å². The molecule has 2 heterocycles. The number of carbonyl (C=O) groups excluding carboxylic acids is 2. The molecular formula is C27H31N3O6. The number of unbranched alkanes of at least 4 members (excludes halogenated alkanes) is 2. The lowest BCUT2D eigenvalue weighted by Gasteiger charge is -2.12. The number of ether oxygens (including phenoxy) is 2. The average molecular weight is 494 g/mol. The Morgan fingerprint density at radius 3 is 2.50 bits per heavy atom. The van der Waals surface area contributed by atoms with Crippen LogP contribution in [-0.4, -0.2) is 41.4 Å². The van der Waals surface area contributed by atoms with Gasteiger partial charge < -0.3 is 29.8 Å². The first-order chi connectivity index (χ1) is 17.5.